The molecule has 0 aliphatic carbocycles. The van der Waals surface area contributed by atoms with Crippen molar-refractivity contribution in [2.45, 2.75) is 6.92 Å². The standard InChI is InChI=1S/C19H15N3O3/c1-11-9-14(17(25)10-16(11)24)18-21-15-3-2-8-20-19(15)22(18)12-4-6-13(23)7-5-12/h2-10,23-25H,1H3. The third-order valence-electron chi connectivity index (χ3n) is 4.08. The normalized spacial score (nSPS) is 11.1. The minimum atomic E-state index is -0.0709. The molecule has 0 fully saturated rings. The monoisotopic (exact) mass is 333 g/mol. The van der Waals surface area contributed by atoms with E-state index in [2.05, 4.69) is 9.97 Å². The van der Waals surface area contributed by atoms with Gasteiger partial charge in [0.05, 0.1) is 5.56 Å². The van der Waals surface area contributed by atoms with E-state index < -0.39 is 0 Å². The molecule has 0 spiro atoms. The summed E-state index contributed by atoms with van der Waals surface area (Å²) in [5.41, 5.74) is 3.18. The smallest absolute Gasteiger partial charge is 0.164 e. The summed E-state index contributed by atoms with van der Waals surface area (Å²) in [7, 11) is 0. The number of fused-ring (bicyclic) bond motifs is 1. The van der Waals surface area contributed by atoms with E-state index in [1.807, 2.05) is 6.07 Å². The molecular weight excluding hydrogens is 318 g/mol. The van der Waals surface area contributed by atoms with Gasteiger partial charge in [-0.2, -0.15) is 0 Å². The summed E-state index contributed by atoms with van der Waals surface area (Å²) in [6.07, 6.45) is 1.67. The Hall–Kier alpha value is -3.54. The molecule has 6 heteroatoms. The largest absolute Gasteiger partial charge is 0.508 e. The highest BCUT2D eigenvalue weighted by Crippen LogP contribution is 2.36. The van der Waals surface area contributed by atoms with Gasteiger partial charge in [-0.25, -0.2) is 9.97 Å². The average Bonchev–Trinajstić information content (AvgIpc) is 2.98. The summed E-state index contributed by atoms with van der Waals surface area (Å²) in [5.74, 6) is 0.607. The van der Waals surface area contributed by atoms with Crippen LogP contribution in [0.25, 0.3) is 28.2 Å². The number of aromatic nitrogens is 3. The van der Waals surface area contributed by atoms with Crippen molar-refractivity contribution < 1.29 is 15.3 Å². The van der Waals surface area contributed by atoms with Crippen molar-refractivity contribution >= 4 is 11.2 Å². The summed E-state index contributed by atoms with van der Waals surface area (Å²) in [4.78, 5) is 9.01. The predicted molar refractivity (Wildman–Crippen MR) is 94.0 cm³/mol. The van der Waals surface area contributed by atoms with Crippen LogP contribution in [0.5, 0.6) is 17.2 Å². The van der Waals surface area contributed by atoms with Crippen LogP contribution in [0.3, 0.4) is 0 Å². The van der Waals surface area contributed by atoms with Crippen LogP contribution in [-0.4, -0.2) is 29.9 Å². The van der Waals surface area contributed by atoms with E-state index in [1.165, 1.54) is 6.07 Å². The van der Waals surface area contributed by atoms with Crippen molar-refractivity contribution in [1.29, 1.82) is 0 Å². The Labute approximate surface area is 143 Å². The van der Waals surface area contributed by atoms with Gasteiger partial charge in [0.25, 0.3) is 0 Å². The van der Waals surface area contributed by atoms with Crippen LogP contribution >= 0.6 is 0 Å². The van der Waals surface area contributed by atoms with Crippen LogP contribution in [0, 0.1) is 6.92 Å². The van der Waals surface area contributed by atoms with Crippen molar-refractivity contribution in [2.24, 2.45) is 0 Å². The Balaban J connectivity index is 2.06. The Morgan fingerprint density at radius 2 is 1.68 bits per heavy atom. The molecule has 4 rings (SSSR count). The van der Waals surface area contributed by atoms with E-state index in [9.17, 15) is 15.3 Å². The lowest BCUT2D eigenvalue weighted by Gasteiger charge is -2.11. The molecule has 4 aromatic rings. The van der Waals surface area contributed by atoms with Crippen LogP contribution in [0.4, 0.5) is 0 Å². The lowest BCUT2D eigenvalue weighted by atomic mass is 10.1. The number of aryl methyl sites for hydroxylation is 1. The maximum absolute atomic E-state index is 10.3. The van der Waals surface area contributed by atoms with Gasteiger partial charge in [-0.15, -0.1) is 0 Å². The van der Waals surface area contributed by atoms with Crippen molar-refractivity contribution in [3.63, 3.8) is 0 Å². The molecule has 0 unspecified atom stereocenters. The minimum Gasteiger partial charge on any atom is -0.508 e. The van der Waals surface area contributed by atoms with E-state index in [0.29, 0.717) is 28.1 Å². The molecule has 3 N–H and O–H groups in total. The molecule has 0 bridgehead atoms. The Morgan fingerprint density at radius 3 is 2.44 bits per heavy atom. The van der Waals surface area contributed by atoms with Gasteiger partial charge in [0.2, 0.25) is 0 Å². The van der Waals surface area contributed by atoms with Crippen LogP contribution in [0.1, 0.15) is 5.56 Å². The van der Waals surface area contributed by atoms with Crippen molar-refractivity contribution in [1.82, 2.24) is 14.5 Å². The first-order chi connectivity index (χ1) is 12.0. The molecule has 2 heterocycles. The van der Waals surface area contributed by atoms with Gasteiger partial charge in [-0.05, 0) is 55.0 Å². The fourth-order valence-corrected chi connectivity index (χ4v) is 2.80. The predicted octanol–water partition coefficient (Wildman–Crippen LogP) is 3.51. The highest BCUT2D eigenvalue weighted by Gasteiger charge is 2.19. The van der Waals surface area contributed by atoms with Gasteiger partial charge in [0.1, 0.15) is 22.8 Å². The quantitative estimate of drug-likeness (QED) is 0.522. The van der Waals surface area contributed by atoms with Gasteiger partial charge in [0.15, 0.2) is 11.5 Å². The molecule has 0 aliphatic heterocycles. The van der Waals surface area contributed by atoms with Gasteiger partial charge in [-0.3, -0.25) is 4.57 Å². The highest BCUT2D eigenvalue weighted by atomic mass is 16.3. The molecule has 25 heavy (non-hydrogen) atoms. The van der Waals surface area contributed by atoms with Crippen molar-refractivity contribution in [3.8, 4) is 34.3 Å². The van der Waals surface area contributed by atoms with Crippen LogP contribution in [0.15, 0.2) is 54.7 Å². The Kier molecular flexibility index (Phi) is 3.32. The average molecular weight is 333 g/mol. The number of imidazole rings is 1. The molecule has 0 atom stereocenters. The van der Waals surface area contributed by atoms with Crippen LogP contribution in [-0.2, 0) is 0 Å². The lowest BCUT2D eigenvalue weighted by Crippen LogP contribution is -1.99. The fraction of sp³-hybridized carbons (Fsp3) is 0.0526. The number of nitrogens with zero attached hydrogens (tertiary/aromatic N) is 3. The number of pyridine rings is 1. The summed E-state index contributed by atoms with van der Waals surface area (Å²) >= 11 is 0. The van der Waals surface area contributed by atoms with E-state index in [1.54, 1.807) is 54.1 Å². The number of hydrogen-bond donors (Lipinski definition) is 3. The molecule has 0 amide bonds. The number of hydrogen-bond acceptors (Lipinski definition) is 5. The van der Waals surface area contributed by atoms with Gasteiger partial charge in [0, 0.05) is 18.0 Å². The second kappa shape index (κ2) is 5.52. The highest BCUT2D eigenvalue weighted by molar-refractivity contribution is 5.82. The third kappa shape index (κ3) is 2.44. The first-order valence-corrected chi connectivity index (χ1v) is 7.70. The molecule has 0 aliphatic rings. The maximum atomic E-state index is 10.3. The molecule has 0 radical (unpaired) electrons. The molecular formula is C19H15N3O3. The van der Waals surface area contributed by atoms with Crippen molar-refractivity contribution in [2.75, 3.05) is 0 Å². The minimum absolute atomic E-state index is 0.0201. The van der Waals surface area contributed by atoms with E-state index >= 15 is 0 Å². The molecule has 0 saturated carbocycles. The zero-order valence-corrected chi connectivity index (χ0v) is 13.4. The summed E-state index contributed by atoms with van der Waals surface area (Å²) < 4.78 is 1.81. The van der Waals surface area contributed by atoms with Gasteiger partial charge in [-0.1, -0.05) is 0 Å². The second-order valence-electron chi connectivity index (χ2n) is 5.79. The van der Waals surface area contributed by atoms with Crippen LogP contribution < -0.4 is 0 Å². The Morgan fingerprint density at radius 1 is 0.920 bits per heavy atom. The van der Waals surface area contributed by atoms with Gasteiger partial charge >= 0.3 is 0 Å². The molecule has 124 valence electrons. The molecule has 2 aromatic heterocycles. The zero-order valence-electron chi connectivity index (χ0n) is 13.4. The van der Waals surface area contributed by atoms with E-state index in [4.69, 9.17) is 0 Å². The third-order valence-corrected chi connectivity index (χ3v) is 4.08. The number of rotatable bonds is 2. The van der Waals surface area contributed by atoms with Crippen molar-refractivity contribution in [3.05, 3.63) is 60.3 Å². The first kappa shape index (κ1) is 15.0. The summed E-state index contributed by atoms with van der Waals surface area (Å²) in [6.45, 7) is 1.75. The topological polar surface area (TPSA) is 91.4 Å². The molecule has 6 nitrogen and oxygen atoms in total. The summed E-state index contributed by atoms with van der Waals surface area (Å²) in [6, 6.07) is 13.3. The zero-order chi connectivity index (χ0) is 17.6. The Bertz CT molecular complexity index is 1090. The SMILES string of the molecule is Cc1cc(-c2nc3cccnc3n2-c2ccc(O)cc2)c(O)cc1O. The van der Waals surface area contributed by atoms with E-state index in [-0.39, 0.29) is 17.2 Å². The van der Waals surface area contributed by atoms with E-state index in [0.717, 1.165) is 5.69 Å². The second-order valence-corrected chi connectivity index (χ2v) is 5.79. The molecule has 0 saturated heterocycles. The summed E-state index contributed by atoms with van der Waals surface area (Å²) in [5, 5.41) is 29.7. The number of aromatic hydroxyl groups is 3. The first-order valence-electron chi connectivity index (χ1n) is 7.70. The lowest BCUT2D eigenvalue weighted by molar-refractivity contribution is 0.449. The number of benzene rings is 2. The van der Waals surface area contributed by atoms with Gasteiger partial charge < -0.3 is 15.3 Å². The fourth-order valence-electron chi connectivity index (χ4n) is 2.80. The molecule has 2 aromatic carbocycles. The van der Waals surface area contributed by atoms with Crippen LogP contribution in [0.2, 0.25) is 0 Å². The number of phenolic OH excluding ortho intramolecular Hbond substituents is 3. The maximum Gasteiger partial charge on any atom is 0.164 e. The number of phenols is 3.